The highest BCUT2D eigenvalue weighted by Gasteiger charge is 2.17. The molecule has 1 amide bonds. The van der Waals surface area contributed by atoms with Crippen LogP contribution < -0.4 is 5.32 Å². The Balaban J connectivity index is 2.84. The molecule has 0 saturated carbocycles. The van der Waals surface area contributed by atoms with Crippen LogP contribution in [0, 0.1) is 0 Å². The minimum absolute atomic E-state index is 0.187. The summed E-state index contributed by atoms with van der Waals surface area (Å²) in [5, 5.41) is 2.69. The van der Waals surface area contributed by atoms with Crippen molar-refractivity contribution in [2.75, 3.05) is 16.8 Å². The van der Waals surface area contributed by atoms with Crippen molar-refractivity contribution in [1.29, 1.82) is 0 Å². The quantitative estimate of drug-likeness (QED) is 0.787. The molecule has 20 heavy (non-hydrogen) atoms. The van der Waals surface area contributed by atoms with Crippen LogP contribution in [-0.4, -0.2) is 25.8 Å². The van der Waals surface area contributed by atoms with Crippen molar-refractivity contribution in [3.05, 3.63) is 42.5 Å². The van der Waals surface area contributed by atoms with E-state index in [0.29, 0.717) is 11.6 Å². The summed E-state index contributed by atoms with van der Waals surface area (Å²) < 4.78 is 23.1. The van der Waals surface area contributed by atoms with E-state index in [1.54, 1.807) is 6.07 Å². The lowest BCUT2D eigenvalue weighted by Gasteiger charge is -2.15. The summed E-state index contributed by atoms with van der Waals surface area (Å²) in [6.45, 7) is 7.51. The molecule has 0 aliphatic rings. The number of benzene rings is 1. The number of hydrogen-bond acceptors (Lipinski definition) is 3. The third-order valence-corrected chi connectivity index (χ3v) is 4.55. The second-order valence-corrected chi connectivity index (χ2v) is 6.90. The van der Waals surface area contributed by atoms with Crippen LogP contribution in [0.1, 0.15) is 31.7 Å². The second kappa shape index (κ2) is 7.24. The van der Waals surface area contributed by atoms with Crippen LogP contribution >= 0.6 is 0 Å². The lowest BCUT2D eigenvalue weighted by Crippen LogP contribution is -2.24. The summed E-state index contributed by atoms with van der Waals surface area (Å²) >= 11 is 0. The zero-order chi connectivity index (χ0) is 15.2. The lowest BCUT2D eigenvalue weighted by atomic mass is 9.97. The van der Waals surface area contributed by atoms with Gasteiger partial charge >= 0.3 is 0 Å². The smallest absolute Gasteiger partial charge is 0.239 e. The molecule has 1 aromatic carbocycles. The first-order valence-electron chi connectivity index (χ1n) is 6.59. The van der Waals surface area contributed by atoms with Crippen LogP contribution in [0.15, 0.2) is 36.9 Å². The first kappa shape index (κ1) is 16.4. The summed E-state index contributed by atoms with van der Waals surface area (Å²) in [5.41, 5.74) is 1.70. The Bertz CT molecular complexity index is 579. The molecule has 0 fully saturated rings. The molecule has 5 heteroatoms. The predicted molar refractivity (Wildman–Crippen MR) is 82.6 cm³/mol. The van der Waals surface area contributed by atoms with E-state index in [1.807, 2.05) is 18.2 Å². The minimum atomic E-state index is -3.42. The van der Waals surface area contributed by atoms with E-state index < -0.39 is 21.5 Å². The SMILES string of the molecule is C=CCS(=O)(=O)CC(=O)Nc1ccccc1C(C)CC. The van der Waals surface area contributed by atoms with Gasteiger partial charge in [-0.05, 0) is 24.0 Å². The number of carbonyl (C=O) groups excluding carboxylic acids is 1. The van der Waals surface area contributed by atoms with Crippen molar-refractivity contribution in [3.8, 4) is 0 Å². The molecule has 110 valence electrons. The molecule has 0 saturated heterocycles. The van der Waals surface area contributed by atoms with Gasteiger partial charge in [-0.3, -0.25) is 4.79 Å². The molecule has 1 unspecified atom stereocenters. The number of anilines is 1. The maximum absolute atomic E-state index is 11.8. The number of hydrogen-bond donors (Lipinski definition) is 1. The van der Waals surface area contributed by atoms with Crippen molar-refractivity contribution in [2.45, 2.75) is 26.2 Å². The zero-order valence-electron chi connectivity index (χ0n) is 11.9. The Morgan fingerprint density at radius 3 is 2.65 bits per heavy atom. The van der Waals surface area contributed by atoms with Gasteiger partial charge in [0.2, 0.25) is 5.91 Å². The molecule has 0 aliphatic heterocycles. The molecule has 1 rings (SSSR count). The van der Waals surface area contributed by atoms with E-state index in [1.165, 1.54) is 6.08 Å². The van der Waals surface area contributed by atoms with Gasteiger partial charge in [-0.2, -0.15) is 0 Å². The first-order chi connectivity index (χ1) is 9.39. The number of amides is 1. The molecule has 0 spiro atoms. The van der Waals surface area contributed by atoms with E-state index in [2.05, 4.69) is 25.7 Å². The Labute approximate surface area is 120 Å². The number of nitrogens with one attached hydrogen (secondary N) is 1. The maximum Gasteiger partial charge on any atom is 0.239 e. The third-order valence-electron chi connectivity index (χ3n) is 3.10. The van der Waals surface area contributed by atoms with Crippen LogP contribution in [0.25, 0.3) is 0 Å². The summed E-state index contributed by atoms with van der Waals surface area (Å²) in [4.78, 5) is 11.8. The Morgan fingerprint density at radius 2 is 2.05 bits per heavy atom. The third kappa shape index (κ3) is 4.81. The number of rotatable bonds is 7. The Hall–Kier alpha value is -1.62. The Morgan fingerprint density at radius 1 is 1.40 bits per heavy atom. The molecule has 0 heterocycles. The van der Waals surface area contributed by atoms with Crippen LogP contribution in [0.3, 0.4) is 0 Å². The van der Waals surface area contributed by atoms with Gasteiger partial charge in [0.05, 0.1) is 5.75 Å². The topological polar surface area (TPSA) is 63.2 Å². The summed E-state index contributed by atoms with van der Waals surface area (Å²) in [6, 6.07) is 7.47. The fraction of sp³-hybridized carbons (Fsp3) is 0.400. The van der Waals surface area contributed by atoms with Crippen molar-refractivity contribution < 1.29 is 13.2 Å². The van der Waals surface area contributed by atoms with Crippen molar-refractivity contribution in [1.82, 2.24) is 0 Å². The number of para-hydroxylation sites is 1. The molecule has 1 N–H and O–H groups in total. The van der Waals surface area contributed by atoms with Gasteiger partial charge in [0.1, 0.15) is 5.75 Å². The van der Waals surface area contributed by atoms with Gasteiger partial charge < -0.3 is 5.32 Å². The largest absolute Gasteiger partial charge is 0.325 e. The van der Waals surface area contributed by atoms with Crippen molar-refractivity contribution in [2.24, 2.45) is 0 Å². The average Bonchev–Trinajstić information content (AvgIpc) is 2.37. The van der Waals surface area contributed by atoms with Gasteiger partial charge in [-0.25, -0.2) is 8.42 Å². The van der Waals surface area contributed by atoms with Gasteiger partial charge in [0.25, 0.3) is 0 Å². The molecule has 1 aromatic rings. The molecule has 0 aliphatic carbocycles. The molecule has 0 radical (unpaired) electrons. The molecule has 0 aromatic heterocycles. The van der Waals surface area contributed by atoms with Gasteiger partial charge in [-0.15, -0.1) is 6.58 Å². The molecule has 4 nitrogen and oxygen atoms in total. The number of carbonyl (C=O) groups is 1. The molecule has 1 atom stereocenters. The standard InChI is InChI=1S/C15H21NO3S/c1-4-10-20(18,19)11-15(17)16-14-9-7-6-8-13(14)12(3)5-2/h4,6-9,12H,1,5,10-11H2,2-3H3,(H,16,17). The van der Waals surface area contributed by atoms with Crippen LogP contribution in [0.4, 0.5) is 5.69 Å². The fourth-order valence-electron chi connectivity index (χ4n) is 1.88. The van der Waals surface area contributed by atoms with Crippen molar-refractivity contribution in [3.63, 3.8) is 0 Å². The van der Waals surface area contributed by atoms with Crippen molar-refractivity contribution >= 4 is 21.4 Å². The number of sulfone groups is 1. The molecular formula is C15H21NO3S. The summed E-state index contributed by atoms with van der Waals surface area (Å²) in [7, 11) is -3.42. The lowest BCUT2D eigenvalue weighted by molar-refractivity contribution is -0.113. The highest BCUT2D eigenvalue weighted by atomic mass is 32.2. The Kier molecular flexibility index (Phi) is 5.95. The monoisotopic (exact) mass is 295 g/mol. The highest BCUT2D eigenvalue weighted by Crippen LogP contribution is 2.26. The predicted octanol–water partition coefficient (Wildman–Crippen LogP) is 2.74. The highest BCUT2D eigenvalue weighted by molar-refractivity contribution is 7.92. The van der Waals surface area contributed by atoms with E-state index in [-0.39, 0.29) is 5.75 Å². The van der Waals surface area contributed by atoms with Crippen LogP contribution in [0.5, 0.6) is 0 Å². The average molecular weight is 295 g/mol. The minimum Gasteiger partial charge on any atom is -0.325 e. The first-order valence-corrected chi connectivity index (χ1v) is 8.41. The normalized spacial score (nSPS) is 12.7. The summed E-state index contributed by atoms with van der Waals surface area (Å²) in [5.74, 6) is -0.916. The van der Waals surface area contributed by atoms with E-state index >= 15 is 0 Å². The molecule has 0 bridgehead atoms. The zero-order valence-corrected chi connectivity index (χ0v) is 12.7. The maximum atomic E-state index is 11.8. The van der Waals surface area contributed by atoms with E-state index in [0.717, 1.165) is 12.0 Å². The second-order valence-electron chi connectivity index (χ2n) is 4.79. The van der Waals surface area contributed by atoms with Gasteiger partial charge in [0, 0.05) is 5.69 Å². The van der Waals surface area contributed by atoms with E-state index in [4.69, 9.17) is 0 Å². The van der Waals surface area contributed by atoms with Crippen LogP contribution in [-0.2, 0) is 14.6 Å². The van der Waals surface area contributed by atoms with E-state index in [9.17, 15) is 13.2 Å². The van der Waals surface area contributed by atoms with Gasteiger partial charge in [0.15, 0.2) is 9.84 Å². The van der Waals surface area contributed by atoms with Crippen LogP contribution in [0.2, 0.25) is 0 Å². The summed E-state index contributed by atoms with van der Waals surface area (Å²) in [6.07, 6.45) is 2.23. The fourth-order valence-corrected chi connectivity index (χ4v) is 2.83. The van der Waals surface area contributed by atoms with Gasteiger partial charge in [-0.1, -0.05) is 38.1 Å². The molecular weight excluding hydrogens is 274 g/mol.